The van der Waals surface area contributed by atoms with Crippen molar-refractivity contribution in [1.29, 1.82) is 0 Å². The van der Waals surface area contributed by atoms with Gasteiger partial charge in [-0.15, -0.1) is 0 Å². The maximum atomic E-state index is 12.0. The summed E-state index contributed by atoms with van der Waals surface area (Å²) in [5, 5.41) is 9.32. The highest BCUT2D eigenvalue weighted by atomic mass is 16.6. The normalized spacial score (nSPS) is 23.6. The van der Waals surface area contributed by atoms with Crippen LogP contribution >= 0.6 is 0 Å². The van der Waals surface area contributed by atoms with E-state index in [9.17, 15) is 9.90 Å². The second-order valence-electron chi connectivity index (χ2n) is 5.54. The van der Waals surface area contributed by atoms with Crippen LogP contribution in [0.1, 0.15) is 12.0 Å². The Hall–Kier alpha value is -1.59. The number of carbonyl (C=O) groups excluding carboxylic acids is 1. The molecule has 1 amide bonds. The molecule has 1 N–H and O–H groups in total. The second-order valence-corrected chi connectivity index (χ2v) is 5.54. The van der Waals surface area contributed by atoms with Crippen molar-refractivity contribution in [2.75, 3.05) is 26.2 Å². The van der Waals surface area contributed by atoms with Gasteiger partial charge in [0.25, 0.3) is 0 Å². The van der Waals surface area contributed by atoms with E-state index in [0.29, 0.717) is 19.2 Å². The summed E-state index contributed by atoms with van der Waals surface area (Å²) in [6, 6.07) is 10.1. The number of aliphatic hydroxyl groups excluding tert-OH is 1. The number of aliphatic hydroxyl groups is 1. The Morgan fingerprint density at radius 2 is 2.00 bits per heavy atom. The Labute approximate surface area is 118 Å². The molecule has 0 aromatic heterocycles. The molecule has 2 heterocycles. The number of benzene rings is 1. The van der Waals surface area contributed by atoms with E-state index in [1.165, 1.54) is 0 Å². The van der Waals surface area contributed by atoms with Gasteiger partial charge in [0.2, 0.25) is 0 Å². The van der Waals surface area contributed by atoms with Gasteiger partial charge in [-0.3, -0.25) is 4.90 Å². The van der Waals surface area contributed by atoms with E-state index in [1.54, 1.807) is 4.90 Å². The average Bonchev–Trinajstić information content (AvgIpc) is 2.92. The number of likely N-dealkylation sites (tertiary alicyclic amines) is 2. The molecule has 3 rings (SSSR count). The zero-order valence-electron chi connectivity index (χ0n) is 11.4. The van der Waals surface area contributed by atoms with Crippen LogP contribution in [-0.2, 0) is 11.3 Å². The first-order chi connectivity index (χ1) is 9.72. The van der Waals surface area contributed by atoms with Crippen LogP contribution < -0.4 is 0 Å². The van der Waals surface area contributed by atoms with E-state index in [4.69, 9.17) is 4.74 Å². The second kappa shape index (κ2) is 5.81. The van der Waals surface area contributed by atoms with Gasteiger partial charge < -0.3 is 14.7 Å². The molecule has 1 aromatic rings. The monoisotopic (exact) mass is 276 g/mol. The summed E-state index contributed by atoms with van der Waals surface area (Å²) < 4.78 is 5.33. The first kappa shape index (κ1) is 13.4. The number of hydrogen-bond donors (Lipinski definition) is 1. The van der Waals surface area contributed by atoms with Gasteiger partial charge in [0, 0.05) is 32.2 Å². The number of amides is 1. The third-order valence-electron chi connectivity index (χ3n) is 4.03. The minimum absolute atomic E-state index is 0.186. The van der Waals surface area contributed by atoms with Gasteiger partial charge in [0.15, 0.2) is 0 Å². The summed E-state index contributed by atoms with van der Waals surface area (Å²) in [6.07, 6.45) is 0.541. The van der Waals surface area contributed by atoms with Gasteiger partial charge in [-0.2, -0.15) is 0 Å². The predicted molar refractivity (Wildman–Crippen MR) is 74.2 cm³/mol. The van der Waals surface area contributed by atoms with Crippen LogP contribution in [0.5, 0.6) is 0 Å². The minimum Gasteiger partial charge on any atom is -0.445 e. The minimum atomic E-state index is -0.238. The maximum absolute atomic E-state index is 12.0. The summed E-state index contributed by atoms with van der Waals surface area (Å²) in [6.45, 7) is 3.24. The highest BCUT2D eigenvalue weighted by Crippen LogP contribution is 2.21. The number of nitrogens with zero attached hydrogens (tertiary/aromatic N) is 2. The fourth-order valence-corrected chi connectivity index (χ4v) is 2.80. The van der Waals surface area contributed by atoms with Crippen LogP contribution in [-0.4, -0.2) is 59.3 Å². The Morgan fingerprint density at radius 1 is 1.25 bits per heavy atom. The van der Waals surface area contributed by atoms with E-state index in [1.807, 2.05) is 30.3 Å². The Balaban J connectivity index is 1.44. The van der Waals surface area contributed by atoms with Crippen LogP contribution in [0.25, 0.3) is 0 Å². The number of rotatable bonds is 3. The lowest BCUT2D eigenvalue weighted by Crippen LogP contribution is -2.56. The van der Waals surface area contributed by atoms with Crippen molar-refractivity contribution < 1.29 is 14.6 Å². The van der Waals surface area contributed by atoms with E-state index in [2.05, 4.69) is 4.90 Å². The lowest BCUT2D eigenvalue weighted by Gasteiger charge is -2.40. The van der Waals surface area contributed by atoms with Crippen LogP contribution in [0.4, 0.5) is 4.79 Å². The predicted octanol–water partition coefficient (Wildman–Crippen LogP) is 1.07. The van der Waals surface area contributed by atoms with Gasteiger partial charge in [0.1, 0.15) is 6.61 Å². The molecule has 2 fully saturated rings. The summed E-state index contributed by atoms with van der Waals surface area (Å²) >= 11 is 0. The van der Waals surface area contributed by atoms with Gasteiger partial charge >= 0.3 is 6.09 Å². The summed E-state index contributed by atoms with van der Waals surface area (Å²) in [5.74, 6) is 0. The number of ether oxygens (including phenoxy) is 1. The molecule has 2 aliphatic heterocycles. The van der Waals surface area contributed by atoms with Crippen molar-refractivity contribution in [3.8, 4) is 0 Å². The van der Waals surface area contributed by atoms with Gasteiger partial charge in [-0.05, 0) is 12.0 Å². The highest BCUT2D eigenvalue weighted by Gasteiger charge is 2.36. The van der Waals surface area contributed by atoms with Crippen molar-refractivity contribution in [2.24, 2.45) is 0 Å². The van der Waals surface area contributed by atoms with Crippen molar-refractivity contribution in [1.82, 2.24) is 9.80 Å². The van der Waals surface area contributed by atoms with Crippen LogP contribution in [0.2, 0.25) is 0 Å². The first-order valence-electron chi connectivity index (χ1n) is 7.10. The van der Waals surface area contributed by atoms with E-state index in [-0.39, 0.29) is 12.2 Å². The number of carbonyl (C=O) groups is 1. The van der Waals surface area contributed by atoms with Crippen molar-refractivity contribution >= 4 is 6.09 Å². The molecule has 0 saturated carbocycles. The zero-order chi connectivity index (χ0) is 13.9. The molecule has 5 heteroatoms. The molecule has 5 nitrogen and oxygen atoms in total. The zero-order valence-corrected chi connectivity index (χ0v) is 11.4. The summed E-state index contributed by atoms with van der Waals surface area (Å²) in [4.78, 5) is 16.0. The third-order valence-corrected chi connectivity index (χ3v) is 4.03. The van der Waals surface area contributed by atoms with Crippen molar-refractivity contribution in [3.63, 3.8) is 0 Å². The topological polar surface area (TPSA) is 53.0 Å². The SMILES string of the molecule is O=C(OCc1ccccc1)N1CC[C@H](N2CC(O)C2)C1. The van der Waals surface area contributed by atoms with Crippen molar-refractivity contribution in [3.05, 3.63) is 35.9 Å². The molecule has 2 aliphatic rings. The molecule has 0 spiro atoms. The lowest BCUT2D eigenvalue weighted by molar-refractivity contribution is -0.0220. The summed E-state index contributed by atoms with van der Waals surface area (Å²) in [7, 11) is 0. The fourth-order valence-electron chi connectivity index (χ4n) is 2.80. The van der Waals surface area contributed by atoms with Gasteiger partial charge in [0.05, 0.1) is 6.10 Å². The molecule has 0 unspecified atom stereocenters. The van der Waals surface area contributed by atoms with E-state index in [0.717, 1.165) is 31.6 Å². The summed E-state index contributed by atoms with van der Waals surface area (Å²) in [5.41, 5.74) is 1.00. The molecule has 0 aliphatic carbocycles. The Kier molecular flexibility index (Phi) is 3.89. The molecule has 0 radical (unpaired) electrons. The molecule has 1 atom stereocenters. The Bertz CT molecular complexity index is 459. The van der Waals surface area contributed by atoms with Gasteiger partial charge in [-0.25, -0.2) is 4.79 Å². The van der Waals surface area contributed by atoms with E-state index >= 15 is 0 Å². The van der Waals surface area contributed by atoms with Gasteiger partial charge in [-0.1, -0.05) is 30.3 Å². The number of hydrogen-bond acceptors (Lipinski definition) is 4. The van der Waals surface area contributed by atoms with Crippen molar-refractivity contribution in [2.45, 2.75) is 25.2 Å². The molecule has 0 bridgehead atoms. The number of β-amino-alcohol motifs (C(OH)–C–C–N with tert-alkyl or cyclic N) is 1. The quantitative estimate of drug-likeness (QED) is 0.897. The van der Waals surface area contributed by atoms with Crippen LogP contribution in [0.3, 0.4) is 0 Å². The Morgan fingerprint density at radius 3 is 2.70 bits per heavy atom. The first-order valence-corrected chi connectivity index (χ1v) is 7.10. The van der Waals surface area contributed by atoms with Crippen LogP contribution in [0, 0.1) is 0 Å². The molecule has 108 valence electrons. The highest BCUT2D eigenvalue weighted by molar-refractivity contribution is 5.68. The molecular formula is C15H20N2O3. The largest absolute Gasteiger partial charge is 0.445 e. The molecule has 2 saturated heterocycles. The molecule has 20 heavy (non-hydrogen) atoms. The lowest BCUT2D eigenvalue weighted by atomic mass is 10.1. The third kappa shape index (κ3) is 2.94. The van der Waals surface area contributed by atoms with E-state index < -0.39 is 0 Å². The standard InChI is InChI=1S/C15H20N2O3/c18-14-9-17(10-14)13-6-7-16(8-13)15(19)20-11-12-4-2-1-3-5-12/h1-5,13-14,18H,6-11H2/t13-/m0/s1. The fraction of sp³-hybridized carbons (Fsp3) is 0.533. The molecule has 1 aromatic carbocycles. The maximum Gasteiger partial charge on any atom is 0.410 e. The smallest absolute Gasteiger partial charge is 0.410 e. The molecular weight excluding hydrogens is 256 g/mol. The average molecular weight is 276 g/mol. The van der Waals surface area contributed by atoms with Crippen LogP contribution in [0.15, 0.2) is 30.3 Å².